The first-order chi connectivity index (χ1) is 17.7. The third-order valence-electron chi connectivity index (χ3n) is 5.47. The second-order valence-corrected chi connectivity index (χ2v) is 8.20. The van der Waals surface area contributed by atoms with E-state index in [4.69, 9.17) is 9.47 Å². The molecule has 0 radical (unpaired) electrons. The van der Waals surface area contributed by atoms with E-state index in [1.54, 1.807) is 23.0 Å². The van der Waals surface area contributed by atoms with Crippen LogP contribution in [0.3, 0.4) is 0 Å². The zero-order valence-corrected chi connectivity index (χ0v) is 19.6. The van der Waals surface area contributed by atoms with Gasteiger partial charge in [0, 0.05) is 11.9 Å². The first kappa shape index (κ1) is 22.9. The highest BCUT2D eigenvalue weighted by Gasteiger charge is 2.19. The van der Waals surface area contributed by atoms with Crippen molar-refractivity contribution in [3.63, 3.8) is 0 Å². The average molecular weight is 476 g/mol. The third-order valence-corrected chi connectivity index (χ3v) is 5.47. The van der Waals surface area contributed by atoms with Crippen LogP contribution in [0, 0.1) is 0 Å². The van der Waals surface area contributed by atoms with Gasteiger partial charge in [0.05, 0.1) is 6.54 Å². The molecule has 178 valence electrons. The Morgan fingerprint density at radius 3 is 1.97 bits per heavy atom. The van der Waals surface area contributed by atoms with Gasteiger partial charge in [-0.3, -0.25) is 9.48 Å². The molecule has 0 aliphatic carbocycles. The van der Waals surface area contributed by atoms with Crippen LogP contribution in [0.25, 0.3) is 0 Å². The Kier molecular flexibility index (Phi) is 7.04. The van der Waals surface area contributed by atoms with E-state index in [1.807, 2.05) is 103 Å². The number of nitrogens with zero attached hydrogens (tertiary/aromatic N) is 2. The maximum absolute atomic E-state index is 13.2. The largest absolute Gasteiger partial charge is 0.471 e. The SMILES string of the molecule is O=C(Nc1ccc(Oc2ccccc2)cc1)c1cn(Cc2ccccc2)nc1OCc1ccccc1. The van der Waals surface area contributed by atoms with Gasteiger partial charge in [-0.15, -0.1) is 5.10 Å². The molecule has 36 heavy (non-hydrogen) atoms. The number of hydrogen-bond acceptors (Lipinski definition) is 4. The average Bonchev–Trinajstić information content (AvgIpc) is 3.33. The fourth-order valence-corrected chi connectivity index (χ4v) is 3.67. The Morgan fingerprint density at radius 1 is 0.722 bits per heavy atom. The summed E-state index contributed by atoms with van der Waals surface area (Å²) in [6.07, 6.45) is 1.72. The Bertz CT molecular complexity index is 1400. The lowest BCUT2D eigenvalue weighted by Crippen LogP contribution is -2.12. The number of anilines is 1. The number of benzene rings is 4. The highest BCUT2D eigenvalue weighted by molar-refractivity contribution is 6.05. The van der Waals surface area contributed by atoms with Crippen molar-refractivity contribution in [2.24, 2.45) is 0 Å². The summed E-state index contributed by atoms with van der Waals surface area (Å²) in [7, 11) is 0. The number of amides is 1. The monoisotopic (exact) mass is 475 g/mol. The molecule has 5 rings (SSSR count). The fourth-order valence-electron chi connectivity index (χ4n) is 3.67. The molecule has 6 nitrogen and oxygen atoms in total. The lowest BCUT2D eigenvalue weighted by molar-refractivity contribution is 0.102. The van der Waals surface area contributed by atoms with Gasteiger partial charge < -0.3 is 14.8 Å². The van der Waals surface area contributed by atoms with Gasteiger partial charge in [0.25, 0.3) is 5.91 Å². The molecule has 0 fully saturated rings. The van der Waals surface area contributed by atoms with Crippen molar-refractivity contribution in [1.29, 1.82) is 0 Å². The summed E-state index contributed by atoms with van der Waals surface area (Å²) in [5.41, 5.74) is 3.09. The van der Waals surface area contributed by atoms with Crippen LogP contribution in [0.5, 0.6) is 17.4 Å². The van der Waals surface area contributed by atoms with E-state index in [2.05, 4.69) is 10.4 Å². The summed E-state index contributed by atoms with van der Waals surface area (Å²) in [4.78, 5) is 13.2. The summed E-state index contributed by atoms with van der Waals surface area (Å²) in [6.45, 7) is 0.844. The topological polar surface area (TPSA) is 65.4 Å². The molecule has 0 spiro atoms. The van der Waals surface area contributed by atoms with E-state index < -0.39 is 0 Å². The molecule has 0 saturated carbocycles. The van der Waals surface area contributed by atoms with Crippen LogP contribution in [0.4, 0.5) is 5.69 Å². The number of carbonyl (C=O) groups excluding carboxylic acids is 1. The predicted molar refractivity (Wildman–Crippen MR) is 139 cm³/mol. The van der Waals surface area contributed by atoms with Crippen molar-refractivity contribution in [2.45, 2.75) is 13.2 Å². The Morgan fingerprint density at radius 2 is 1.31 bits per heavy atom. The Labute approximate surface area is 209 Å². The van der Waals surface area contributed by atoms with Gasteiger partial charge >= 0.3 is 0 Å². The summed E-state index contributed by atoms with van der Waals surface area (Å²) < 4.78 is 13.5. The number of hydrogen-bond donors (Lipinski definition) is 1. The number of rotatable bonds is 9. The lowest BCUT2D eigenvalue weighted by Gasteiger charge is -2.09. The first-order valence-electron chi connectivity index (χ1n) is 11.7. The Hall–Kier alpha value is -4.84. The molecule has 5 aromatic rings. The predicted octanol–water partition coefficient (Wildman–Crippen LogP) is 6.56. The van der Waals surface area contributed by atoms with Crippen molar-refractivity contribution in [2.75, 3.05) is 5.32 Å². The van der Waals surface area contributed by atoms with Crippen molar-refractivity contribution in [1.82, 2.24) is 9.78 Å². The van der Waals surface area contributed by atoms with E-state index in [-0.39, 0.29) is 11.8 Å². The molecule has 4 aromatic carbocycles. The number of aromatic nitrogens is 2. The maximum atomic E-state index is 13.2. The van der Waals surface area contributed by atoms with Crippen molar-refractivity contribution in [3.8, 4) is 17.4 Å². The molecule has 0 unspecified atom stereocenters. The van der Waals surface area contributed by atoms with Crippen molar-refractivity contribution in [3.05, 3.63) is 138 Å². The van der Waals surface area contributed by atoms with Crippen LogP contribution >= 0.6 is 0 Å². The molecular weight excluding hydrogens is 450 g/mol. The fraction of sp³-hybridized carbons (Fsp3) is 0.0667. The van der Waals surface area contributed by atoms with Gasteiger partial charge in [0.15, 0.2) is 0 Å². The van der Waals surface area contributed by atoms with Crippen LogP contribution in [-0.4, -0.2) is 15.7 Å². The molecule has 1 amide bonds. The normalized spacial score (nSPS) is 10.6. The molecule has 6 heteroatoms. The second kappa shape index (κ2) is 11.1. The van der Waals surface area contributed by atoms with Crippen LogP contribution < -0.4 is 14.8 Å². The van der Waals surface area contributed by atoms with Gasteiger partial charge in [-0.05, 0) is 47.5 Å². The quantitative estimate of drug-likeness (QED) is 0.262. The van der Waals surface area contributed by atoms with Crippen LogP contribution in [0.15, 0.2) is 121 Å². The summed E-state index contributed by atoms with van der Waals surface area (Å²) >= 11 is 0. The molecular formula is C30H25N3O3. The lowest BCUT2D eigenvalue weighted by atomic mass is 10.2. The van der Waals surface area contributed by atoms with Gasteiger partial charge in [-0.1, -0.05) is 78.9 Å². The summed E-state index contributed by atoms with van der Waals surface area (Å²) in [6, 6.07) is 36.5. The minimum absolute atomic E-state index is 0.288. The van der Waals surface area contributed by atoms with E-state index >= 15 is 0 Å². The number of nitrogens with one attached hydrogen (secondary N) is 1. The highest BCUT2D eigenvalue weighted by Crippen LogP contribution is 2.24. The Balaban J connectivity index is 1.31. The van der Waals surface area contributed by atoms with Gasteiger partial charge in [0.2, 0.25) is 5.88 Å². The number of ether oxygens (including phenoxy) is 2. The van der Waals surface area contributed by atoms with Crippen molar-refractivity contribution < 1.29 is 14.3 Å². The molecule has 0 atom stereocenters. The van der Waals surface area contributed by atoms with Gasteiger partial charge in [-0.2, -0.15) is 0 Å². The van der Waals surface area contributed by atoms with Crippen LogP contribution in [0.1, 0.15) is 21.5 Å². The number of carbonyl (C=O) groups is 1. The number of para-hydroxylation sites is 1. The van der Waals surface area contributed by atoms with Crippen LogP contribution in [0.2, 0.25) is 0 Å². The van der Waals surface area contributed by atoms with E-state index in [0.717, 1.165) is 16.9 Å². The third kappa shape index (κ3) is 5.98. The molecule has 0 aliphatic rings. The smallest absolute Gasteiger partial charge is 0.262 e. The van der Waals surface area contributed by atoms with E-state index in [1.165, 1.54) is 0 Å². The molecule has 1 heterocycles. The zero-order chi connectivity index (χ0) is 24.6. The zero-order valence-electron chi connectivity index (χ0n) is 19.6. The van der Waals surface area contributed by atoms with E-state index in [0.29, 0.717) is 30.2 Å². The molecule has 0 bridgehead atoms. The first-order valence-corrected chi connectivity index (χ1v) is 11.7. The minimum atomic E-state index is -0.297. The van der Waals surface area contributed by atoms with Crippen molar-refractivity contribution >= 4 is 11.6 Å². The second-order valence-electron chi connectivity index (χ2n) is 8.20. The van der Waals surface area contributed by atoms with E-state index in [9.17, 15) is 4.79 Å². The highest BCUT2D eigenvalue weighted by atomic mass is 16.5. The molecule has 1 aromatic heterocycles. The minimum Gasteiger partial charge on any atom is -0.471 e. The maximum Gasteiger partial charge on any atom is 0.262 e. The van der Waals surface area contributed by atoms with Gasteiger partial charge in [-0.25, -0.2) is 0 Å². The molecule has 0 saturated heterocycles. The summed E-state index contributed by atoms with van der Waals surface area (Å²) in [5, 5.41) is 7.50. The van der Waals surface area contributed by atoms with Gasteiger partial charge in [0.1, 0.15) is 23.7 Å². The van der Waals surface area contributed by atoms with Crippen LogP contribution in [-0.2, 0) is 13.2 Å². The molecule has 1 N–H and O–H groups in total. The molecule has 0 aliphatic heterocycles. The standard InChI is InChI=1S/C30H25N3O3/c34-29(31-25-16-18-27(19-17-25)36-26-14-8-3-9-15-26)28-21-33(20-23-10-4-1-5-11-23)32-30(28)35-22-24-12-6-2-7-13-24/h1-19,21H,20,22H2,(H,31,34). The summed E-state index contributed by atoms with van der Waals surface area (Å²) in [5.74, 6) is 1.42.